The maximum Gasteiger partial charge on any atom is 0.260 e. The van der Waals surface area contributed by atoms with E-state index in [4.69, 9.17) is 9.47 Å². The van der Waals surface area contributed by atoms with Crippen LogP contribution >= 0.6 is 0 Å². The topological polar surface area (TPSA) is 76.0 Å². The van der Waals surface area contributed by atoms with Gasteiger partial charge in [0.2, 0.25) is 5.88 Å². The van der Waals surface area contributed by atoms with E-state index in [1.807, 2.05) is 12.1 Å². The van der Waals surface area contributed by atoms with Crippen LogP contribution in [-0.2, 0) is 9.53 Å². The zero-order valence-electron chi connectivity index (χ0n) is 12.5. The highest BCUT2D eigenvalue weighted by molar-refractivity contribution is 6.01. The number of carbonyl (C=O) groups is 1. The molecule has 1 aromatic rings. The summed E-state index contributed by atoms with van der Waals surface area (Å²) in [5.41, 5.74) is 0.803. The first kappa shape index (κ1) is 14.8. The van der Waals surface area contributed by atoms with Crippen LogP contribution in [0.4, 0.5) is 0 Å². The third-order valence-electron chi connectivity index (χ3n) is 3.62. The van der Waals surface area contributed by atoms with Crippen LogP contribution in [0.3, 0.4) is 0 Å². The number of amides is 1. The minimum absolute atomic E-state index is 0.0166. The van der Waals surface area contributed by atoms with Gasteiger partial charge in [0, 0.05) is 32.4 Å². The molecule has 1 amide bonds. The van der Waals surface area contributed by atoms with Gasteiger partial charge in [0.05, 0.1) is 18.8 Å². The van der Waals surface area contributed by atoms with Crippen LogP contribution in [0.15, 0.2) is 23.3 Å². The van der Waals surface area contributed by atoms with Gasteiger partial charge in [-0.2, -0.15) is 0 Å². The van der Waals surface area contributed by atoms with Crippen molar-refractivity contribution in [2.24, 2.45) is 4.99 Å². The highest BCUT2D eigenvalue weighted by atomic mass is 16.5. The van der Waals surface area contributed by atoms with E-state index >= 15 is 0 Å². The molecule has 0 unspecified atom stereocenters. The molecule has 3 rings (SSSR count). The third kappa shape index (κ3) is 3.54. The summed E-state index contributed by atoms with van der Waals surface area (Å²) in [6.45, 7) is 4.07. The van der Waals surface area contributed by atoms with Crippen molar-refractivity contribution in [3.05, 3.63) is 23.9 Å². The lowest BCUT2D eigenvalue weighted by molar-refractivity contribution is -0.137. The van der Waals surface area contributed by atoms with E-state index in [0.29, 0.717) is 32.2 Å². The molecule has 0 bridgehead atoms. The fourth-order valence-corrected chi connectivity index (χ4v) is 2.43. The summed E-state index contributed by atoms with van der Waals surface area (Å²) >= 11 is 0. The van der Waals surface area contributed by atoms with Crippen LogP contribution in [0, 0.1) is 0 Å². The van der Waals surface area contributed by atoms with Gasteiger partial charge in [-0.25, -0.2) is 4.98 Å². The molecule has 3 heterocycles. The first-order valence-electron chi connectivity index (χ1n) is 7.56. The smallest absolute Gasteiger partial charge is 0.260 e. The highest BCUT2D eigenvalue weighted by Gasteiger charge is 2.19. The number of aliphatic imine (C=N–C) groups is 1. The molecule has 1 fully saturated rings. The van der Waals surface area contributed by atoms with Crippen molar-refractivity contribution in [1.29, 1.82) is 0 Å². The van der Waals surface area contributed by atoms with Crippen LogP contribution in [0.5, 0.6) is 5.88 Å². The van der Waals surface area contributed by atoms with Crippen molar-refractivity contribution in [3.8, 4) is 5.88 Å². The Morgan fingerprint density at radius 3 is 3.05 bits per heavy atom. The van der Waals surface area contributed by atoms with E-state index < -0.39 is 0 Å². The van der Waals surface area contributed by atoms with Gasteiger partial charge in [0.25, 0.3) is 5.91 Å². The average Bonchev–Trinajstić information content (AvgIpc) is 2.61. The zero-order valence-corrected chi connectivity index (χ0v) is 12.5. The van der Waals surface area contributed by atoms with Gasteiger partial charge in [0.1, 0.15) is 5.84 Å². The number of hydrogen-bond acceptors (Lipinski definition) is 6. The van der Waals surface area contributed by atoms with Gasteiger partial charge in [-0.1, -0.05) is 0 Å². The van der Waals surface area contributed by atoms with E-state index in [1.54, 1.807) is 11.1 Å². The number of amidine groups is 1. The third-order valence-corrected chi connectivity index (χ3v) is 3.62. The molecule has 0 atom stereocenters. The van der Waals surface area contributed by atoms with Gasteiger partial charge in [0.15, 0.2) is 6.61 Å². The van der Waals surface area contributed by atoms with Crippen LogP contribution < -0.4 is 10.1 Å². The van der Waals surface area contributed by atoms with Crippen molar-refractivity contribution < 1.29 is 14.3 Å². The molecule has 0 spiro atoms. The summed E-state index contributed by atoms with van der Waals surface area (Å²) in [6.07, 6.45) is 2.68. The van der Waals surface area contributed by atoms with Gasteiger partial charge >= 0.3 is 0 Å². The predicted molar refractivity (Wildman–Crippen MR) is 81.2 cm³/mol. The molecule has 0 radical (unpaired) electrons. The molecular weight excluding hydrogens is 284 g/mol. The SMILES string of the molecule is O=C(COc1ncccc1C1=NCCCN1)N1CCOCC1. The molecule has 1 aromatic heterocycles. The van der Waals surface area contributed by atoms with Gasteiger partial charge in [-0.3, -0.25) is 9.79 Å². The van der Waals surface area contributed by atoms with Crippen molar-refractivity contribution in [2.75, 3.05) is 46.0 Å². The van der Waals surface area contributed by atoms with Crippen LogP contribution in [0.25, 0.3) is 0 Å². The Kier molecular flexibility index (Phi) is 4.85. The second-order valence-corrected chi connectivity index (χ2v) is 5.15. The maximum absolute atomic E-state index is 12.1. The molecule has 7 nitrogen and oxygen atoms in total. The Labute approximate surface area is 129 Å². The molecule has 118 valence electrons. The molecule has 22 heavy (non-hydrogen) atoms. The van der Waals surface area contributed by atoms with Crippen LogP contribution in [-0.4, -0.2) is 67.6 Å². The summed E-state index contributed by atoms with van der Waals surface area (Å²) in [6, 6.07) is 3.74. The summed E-state index contributed by atoms with van der Waals surface area (Å²) in [5, 5.41) is 3.24. The molecule has 7 heteroatoms. The predicted octanol–water partition coefficient (Wildman–Crippen LogP) is 0.0591. The average molecular weight is 304 g/mol. The van der Waals surface area contributed by atoms with Crippen molar-refractivity contribution in [1.82, 2.24) is 15.2 Å². The summed E-state index contributed by atoms with van der Waals surface area (Å²) in [4.78, 5) is 22.6. The molecule has 2 aliphatic rings. The largest absolute Gasteiger partial charge is 0.467 e. The van der Waals surface area contributed by atoms with E-state index in [1.165, 1.54) is 0 Å². The van der Waals surface area contributed by atoms with Gasteiger partial charge in [-0.15, -0.1) is 0 Å². The summed E-state index contributed by atoms with van der Waals surface area (Å²) in [5.74, 6) is 1.18. The highest BCUT2D eigenvalue weighted by Crippen LogP contribution is 2.16. The lowest BCUT2D eigenvalue weighted by atomic mass is 10.2. The Morgan fingerprint density at radius 1 is 1.41 bits per heavy atom. The Bertz CT molecular complexity index is 555. The quantitative estimate of drug-likeness (QED) is 0.851. The normalized spacial score (nSPS) is 18.4. The van der Waals surface area contributed by atoms with E-state index in [9.17, 15) is 4.79 Å². The number of carbonyl (C=O) groups excluding carboxylic acids is 1. The molecule has 2 aliphatic heterocycles. The molecule has 0 saturated carbocycles. The molecule has 0 aromatic carbocycles. The fourth-order valence-electron chi connectivity index (χ4n) is 2.43. The first-order valence-corrected chi connectivity index (χ1v) is 7.56. The monoisotopic (exact) mass is 304 g/mol. The minimum atomic E-state index is -0.0431. The lowest BCUT2D eigenvalue weighted by Gasteiger charge is -2.26. The van der Waals surface area contributed by atoms with Crippen molar-refractivity contribution in [3.63, 3.8) is 0 Å². The maximum atomic E-state index is 12.1. The number of rotatable bonds is 4. The second-order valence-electron chi connectivity index (χ2n) is 5.15. The summed E-state index contributed by atoms with van der Waals surface area (Å²) in [7, 11) is 0. The van der Waals surface area contributed by atoms with Gasteiger partial charge in [-0.05, 0) is 18.6 Å². The second kappa shape index (κ2) is 7.22. The molecule has 1 saturated heterocycles. The Morgan fingerprint density at radius 2 is 2.27 bits per heavy atom. The minimum Gasteiger partial charge on any atom is -0.467 e. The van der Waals surface area contributed by atoms with Crippen LogP contribution in [0.1, 0.15) is 12.0 Å². The number of aromatic nitrogens is 1. The first-order chi connectivity index (χ1) is 10.8. The Balaban J connectivity index is 1.64. The summed E-state index contributed by atoms with van der Waals surface area (Å²) < 4.78 is 10.9. The van der Waals surface area contributed by atoms with Crippen LogP contribution in [0.2, 0.25) is 0 Å². The zero-order chi connectivity index (χ0) is 15.2. The number of nitrogens with one attached hydrogen (secondary N) is 1. The van der Waals surface area contributed by atoms with E-state index in [-0.39, 0.29) is 12.5 Å². The van der Waals surface area contributed by atoms with Crippen molar-refractivity contribution in [2.45, 2.75) is 6.42 Å². The molecule has 0 aliphatic carbocycles. The lowest BCUT2D eigenvalue weighted by Crippen LogP contribution is -2.43. The number of pyridine rings is 1. The van der Waals surface area contributed by atoms with Gasteiger partial charge < -0.3 is 19.7 Å². The van der Waals surface area contributed by atoms with Crippen molar-refractivity contribution >= 4 is 11.7 Å². The Hall–Kier alpha value is -2.15. The molecule has 1 N–H and O–H groups in total. The number of morpholine rings is 1. The number of hydrogen-bond donors (Lipinski definition) is 1. The standard InChI is InChI=1S/C15H20N4O3/c20-13(19-7-9-21-10-8-19)11-22-15-12(3-1-4-18-15)14-16-5-2-6-17-14/h1,3-4H,2,5-11H2,(H,16,17). The molecular formula is C15H20N4O3. The van der Waals surface area contributed by atoms with E-state index in [2.05, 4.69) is 15.3 Å². The fraction of sp³-hybridized carbons (Fsp3) is 0.533. The number of nitrogens with zero attached hydrogens (tertiary/aromatic N) is 3. The number of ether oxygens (including phenoxy) is 2. The van der Waals surface area contributed by atoms with E-state index in [0.717, 1.165) is 30.9 Å².